The summed E-state index contributed by atoms with van der Waals surface area (Å²) in [4.78, 5) is 29.4. The molecule has 0 fully saturated rings. The number of carbonyl (C=O) groups excluding carboxylic acids is 1. The highest BCUT2D eigenvalue weighted by Crippen LogP contribution is 2.44. The molecule has 2 aromatic carbocycles. The van der Waals surface area contributed by atoms with Crippen molar-refractivity contribution in [2.75, 3.05) is 12.4 Å². The van der Waals surface area contributed by atoms with E-state index in [4.69, 9.17) is 9.26 Å². The second-order valence-corrected chi connectivity index (χ2v) is 10.2. The molecule has 0 bridgehead atoms. The van der Waals surface area contributed by atoms with E-state index in [-0.39, 0.29) is 18.9 Å². The number of carboxylic acids is 1. The van der Waals surface area contributed by atoms with E-state index in [1.54, 1.807) is 0 Å². The zero-order chi connectivity index (χ0) is 24.9. The number of aliphatic carboxylic acids is 1. The van der Waals surface area contributed by atoms with Crippen molar-refractivity contribution in [1.82, 2.24) is 15.5 Å². The minimum atomic E-state index is -1.11. The summed E-state index contributed by atoms with van der Waals surface area (Å²) in [5, 5.41) is 18.0. The average Bonchev–Trinajstić information content (AvgIpc) is 3.64. The van der Waals surface area contributed by atoms with Gasteiger partial charge in [0.05, 0.1) is 10.6 Å². The molecule has 2 heterocycles. The van der Waals surface area contributed by atoms with Gasteiger partial charge in [0.2, 0.25) is 0 Å². The lowest BCUT2D eigenvalue weighted by atomic mass is 9.98. The summed E-state index contributed by atoms with van der Waals surface area (Å²) in [6.07, 6.45) is -0.507. The maximum atomic E-state index is 12.5. The zero-order valence-electron chi connectivity index (χ0n) is 19.1. The van der Waals surface area contributed by atoms with Gasteiger partial charge in [0.15, 0.2) is 5.82 Å². The third-order valence-electron chi connectivity index (χ3n) is 5.92. The molecule has 0 aliphatic heterocycles. The Balaban J connectivity index is 1.11. The topological polar surface area (TPSA) is 115 Å². The molecular formula is C26H23N3O5S2. The number of carboxylic acid groups (broad SMARTS) is 1. The van der Waals surface area contributed by atoms with E-state index in [0.29, 0.717) is 23.2 Å². The zero-order valence-corrected chi connectivity index (χ0v) is 20.8. The summed E-state index contributed by atoms with van der Waals surface area (Å²) in [6, 6.07) is 18.9. The number of thioether (sulfide) groups is 1. The van der Waals surface area contributed by atoms with Crippen LogP contribution in [-0.4, -0.2) is 45.7 Å². The molecule has 5 rings (SSSR count). The van der Waals surface area contributed by atoms with Gasteiger partial charge in [-0.2, -0.15) is 16.7 Å². The van der Waals surface area contributed by atoms with Crippen molar-refractivity contribution in [2.24, 2.45) is 0 Å². The highest BCUT2D eigenvalue weighted by atomic mass is 32.2. The number of fused-ring (bicyclic) bond motifs is 3. The molecule has 1 aliphatic rings. The van der Waals surface area contributed by atoms with Crippen molar-refractivity contribution in [3.63, 3.8) is 0 Å². The van der Waals surface area contributed by atoms with Gasteiger partial charge < -0.3 is 19.7 Å². The minimum absolute atomic E-state index is 0.0870. The Morgan fingerprint density at radius 1 is 1.08 bits per heavy atom. The van der Waals surface area contributed by atoms with Crippen molar-refractivity contribution in [1.29, 1.82) is 0 Å². The average molecular weight is 522 g/mol. The largest absolute Gasteiger partial charge is 0.480 e. The second kappa shape index (κ2) is 11.0. The predicted octanol–water partition coefficient (Wildman–Crippen LogP) is 5.41. The molecule has 1 unspecified atom stereocenters. The molecular weight excluding hydrogens is 498 g/mol. The Bertz CT molecular complexity index is 1310. The van der Waals surface area contributed by atoms with Crippen LogP contribution in [0.15, 0.2) is 70.6 Å². The molecule has 10 heteroatoms. The quantitative estimate of drug-likeness (QED) is 0.266. The van der Waals surface area contributed by atoms with Crippen molar-refractivity contribution in [3.8, 4) is 21.9 Å². The van der Waals surface area contributed by atoms with Crippen molar-refractivity contribution in [2.45, 2.75) is 24.1 Å². The second-order valence-electron chi connectivity index (χ2n) is 8.20. The van der Waals surface area contributed by atoms with E-state index in [1.807, 2.05) is 53.9 Å². The van der Waals surface area contributed by atoms with Crippen LogP contribution in [0.1, 0.15) is 29.3 Å². The van der Waals surface area contributed by atoms with Crippen LogP contribution < -0.4 is 5.32 Å². The lowest BCUT2D eigenvalue weighted by molar-refractivity contribution is -0.139. The van der Waals surface area contributed by atoms with E-state index in [0.717, 1.165) is 27.1 Å². The molecule has 2 aromatic heterocycles. The van der Waals surface area contributed by atoms with Crippen LogP contribution in [0, 0.1) is 0 Å². The van der Waals surface area contributed by atoms with Gasteiger partial charge >= 0.3 is 12.1 Å². The Morgan fingerprint density at radius 2 is 1.81 bits per heavy atom. The van der Waals surface area contributed by atoms with Crippen molar-refractivity contribution in [3.05, 3.63) is 83.0 Å². The maximum Gasteiger partial charge on any atom is 0.407 e. The Morgan fingerprint density at radius 3 is 2.47 bits per heavy atom. The third kappa shape index (κ3) is 5.29. The first-order chi connectivity index (χ1) is 17.6. The molecule has 36 heavy (non-hydrogen) atoms. The van der Waals surface area contributed by atoms with Gasteiger partial charge in [-0.15, -0.1) is 11.3 Å². The van der Waals surface area contributed by atoms with Gasteiger partial charge in [0.25, 0.3) is 5.89 Å². The number of aromatic nitrogens is 2. The first kappa shape index (κ1) is 24.1. The van der Waals surface area contributed by atoms with E-state index in [9.17, 15) is 14.7 Å². The molecule has 1 aliphatic carbocycles. The van der Waals surface area contributed by atoms with Crippen LogP contribution in [0.4, 0.5) is 4.79 Å². The number of hydrogen-bond acceptors (Lipinski definition) is 8. The lowest BCUT2D eigenvalue weighted by Crippen LogP contribution is -2.41. The van der Waals surface area contributed by atoms with Crippen LogP contribution in [-0.2, 0) is 15.3 Å². The molecule has 4 aromatic rings. The van der Waals surface area contributed by atoms with Crippen LogP contribution >= 0.6 is 23.1 Å². The Kier molecular flexibility index (Phi) is 7.33. The number of amides is 1. The van der Waals surface area contributed by atoms with Gasteiger partial charge in [0.1, 0.15) is 12.6 Å². The highest BCUT2D eigenvalue weighted by molar-refractivity contribution is 7.98. The molecule has 184 valence electrons. The SMILES string of the molecule is O=C(NC(CCSCc1noc(-c2cccs2)n1)C(=O)O)OCC1c2ccccc2-c2ccccc21. The highest BCUT2D eigenvalue weighted by Gasteiger charge is 2.29. The number of rotatable bonds is 10. The predicted molar refractivity (Wildman–Crippen MR) is 138 cm³/mol. The first-order valence-electron chi connectivity index (χ1n) is 11.4. The van der Waals surface area contributed by atoms with E-state index >= 15 is 0 Å². The van der Waals surface area contributed by atoms with Crippen molar-refractivity contribution < 1.29 is 24.0 Å². The number of nitrogens with one attached hydrogen (secondary N) is 1. The number of hydrogen-bond donors (Lipinski definition) is 2. The summed E-state index contributed by atoms with van der Waals surface area (Å²) in [6.45, 7) is 0.130. The van der Waals surface area contributed by atoms with Gasteiger partial charge in [0, 0.05) is 5.92 Å². The minimum Gasteiger partial charge on any atom is -0.480 e. The molecule has 1 atom stereocenters. The Hall–Kier alpha value is -3.63. The monoisotopic (exact) mass is 521 g/mol. The van der Waals surface area contributed by atoms with E-state index in [1.165, 1.54) is 23.1 Å². The fourth-order valence-electron chi connectivity index (χ4n) is 4.22. The van der Waals surface area contributed by atoms with Gasteiger partial charge in [-0.3, -0.25) is 0 Å². The van der Waals surface area contributed by atoms with E-state index < -0.39 is 18.1 Å². The number of ether oxygens (including phenoxy) is 1. The molecule has 0 saturated carbocycles. The number of carbonyl (C=O) groups is 2. The summed E-state index contributed by atoms with van der Waals surface area (Å²) in [5.74, 6) is 0.788. The van der Waals surface area contributed by atoms with Gasteiger partial charge in [-0.05, 0) is 45.9 Å². The fraction of sp³-hybridized carbons (Fsp3) is 0.231. The Labute approximate surface area is 215 Å². The van der Waals surface area contributed by atoms with Gasteiger partial charge in [-0.25, -0.2) is 9.59 Å². The summed E-state index contributed by atoms with van der Waals surface area (Å²) in [5.41, 5.74) is 4.46. The molecule has 1 amide bonds. The molecule has 2 N–H and O–H groups in total. The van der Waals surface area contributed by atoms with Crippen LogP contribution in [0.25, 0.3) is 21.9 Å². The molecule has 0 saturated heterocycles. The normalized spacial score (nSPS) is 13.1. The van der Waals surface area contributed by atoms with Crippen LogP contribution in [0.3, 0.4) is 0 Å². The van der Waals surface area contributed by atoms with E-state index in [2.05, 4.69) is 27.6 Å². The summed E-state index contributed by atoms with van der Waals surface area (Å²) in [7, 11) is 0. The standard InChI is InChI=1S/C26H23N3O5S2/c30-25(31)21(11-13-35-15-23-28-24(34-29-23)22-10-5-12-36-22)27-26(32)33-14-20-18-8-3-1-6-16(18)17-7-2-4-9-19(17)20/h1-10,12,20-21H,11,13-15H2,(H,27,32)(H,30,31). The lowest BCUT2D eigenvalue weighted by Gasteiger charge is -2.17. The third-order valence-corrected chi connectivity index (χ3v) is 7.76. The van der Waals surface area contributed by atoms with Crippen LogP contribution in [0.5, 0.6) is 0 Å². The smallest absolute Gasteiger partial charge is 0.407 e. The number of nitrogens with zero attached hydrogens (tertiary/aromatic N) is 2. The van der Waals surface area contributed by atoms with Gasteiger partial charge in [-0.1, -0.05) is 59.8 Å². The maximum absolute atomic E-state index is 12.5. The number of thiophene rings is 1. The fourth-order valence-corrected chi connectivity index (χ4v) is 5.71. The molecule has 0 radical (unpaired) electrons. The van der Waals surface area contributed by atoms with Crippen LogP contribution in [0.2, 0.25) is 0 Å². The number of benzene rings is 2. The number of alkyl carbamates (subject to hydrolysis) is 1. The summed E-state index contributed by atoms with van der Waals surface area (Å²) >= 11 is 2.99. The molecule has 8 nitrogen and oxygen atoms in total. The summed E-state index contributed by atoms with van der Waals surface area (Å²) < 4.78 is 10.7. The molecule has 0 spiro atoms. The van der Waals surface area contributed by atoms with Crippen molar-refractivity contribution >= 4 is 35.2 Å². The first-order valence-corrected chi connectivity index (χ1v) is 13.4.